The van der Waals surface area contributed by atoms with Crippen molar-refractivity contribution in [3.8, 4) is 0 Å². The number of ether oxygens (including phenoxy) is 1. The van der Waals surface area contributed by atoms with Crippen molar-refractivity contribution in [2.24, 2.45) is 0 Å². The lowest BCUT2D eigenvalue weighted by atomic mass is 9.97. The van der Waals surface area contributed by atoms with Gasteiger partial charge in [-0.3, -0.25) is 4.18 Å². The van der Waals surface area contributed by atoms with Gasteiger partial charge in [0.1, 0.15) is 11.8 Å². The minimum Gasteiger partial charge on any atom is -0.465 e. The quantitative estimate of drug-likeness (QED) is 0.409. The predicted molar refractivity (Wildman–Crippen MR) is 107 cm³/mol. The van der Waals surface area contributed by atoms with E-state index in [-0.39, 0.29) is 23.1 Å². The number of carbonyl (C=O) groups excluding carboxylic acids is 1. The Bertz CT molecular complexity index is 1210. The molecule has 31 heavy (non-hydrogen) atoms. The fourth-order valence-electron chi connectivity index (χ4n) is 3.13. The molecule has 0 saturated heterocycles. The highest BCUT2D eigenvalue weighted by Crippen LogP contribution is 2.35. The number of pyridine rings is 1. The number of carbonyl (C=O) groups is 1. The van der Waals surface area contributed by atoms with Crippen molar-refractivity contribution >= 4 is 27.0 Å². The molecule has 3 rings (SSSR count). The van der Waals surface area contributed by atoms with Crippen LogP contribution in [0.2, 0.25) is 0 Å². The van der Waals surface area contributed by atoms with Crippen molar-refractivity contribution in [2.45, 2.75) is 18.7 Å². The zero-order valence-corrected chi connectivity index (χ0v) is 17.3. The van der Waals surface area contributed by atoms with Crippen molar-refractivity contribution in [3.05, 3.63) is 77.0 Å². The number of para-hydroxylation sites is 1. The molecule has 0 amide bonds. The van der Waals surface area contributed by atoms with Gasteiger partial charge in [-0.05, 0) is 35.4 Å². The van der Waals surface area contributed by atoms with E-state index in [0.717, 1.165) is 12.3 Å². The Balaban J connectivity index is 2.11. The molecule has 0 N–H and O–H groups in total. The van der Waals surface area contributed by atoms with E-state index in [2.05, 4.69) is 9.72 Å². The number of aromatic nitrogens is 1. The van der Waals surface area contributed by atoms with Crippen LogP contribution in [0.15, 0.2) is 54.6 Å². The summed E-state index contributed by atoms with van der Waals surface area (Å²) in [5, 5.41) is 0.343. The van der Waals surface area contributed by atoms with Crippen molar-refractivity contribution in [1.82, 2.24) is 4.98 Å². The minimum absolute atomic E-state index is 0.0420. The molecule has 0 spiro atoms. The highest BCUT2D eigenvalue weighted by atomic mass is 32.2. The number of nitrogens with zero attached hydrogens (tertiary/aromatic N) is 1. The first-order valence-corrected chi connectivity index (χ1v) is 10.8. The van der Waals surface area contributed by atoms with Crippen LogP contribution in [-0.4, -0.2) is 32.7 Å². The number of hydrogen-bond donors (Lipinski definition) is 0. The summed E-state index contributed by atoms with van der Waals surface area (Å²) in [5.41, 5.74) is -0.212. The Hall–Kier alpha value is -2.98. The van der Waals surface area contributed by atoms with E-state index < -0.39 is 34.1 Å². The second kappa shape index (κ2) is 8.64. The summed E-state index contributed by atoms with van der Waals surface area (Å²) in [4.78, 5) is 15.2. The third kappa shape index (κ3) is 5.59. The Kier molecular flexibility index (Phi) is 6.33. The maximum Gasteiger partial charge on any atom is 0.433 e. The van der Waals surface area contributed by atoms with Crippen molar-refractivity contribution in [3.63, 3.8) is 0 Å². The molecule has 1 atom stereocenters. The predicted octanol–water partition coefficient (Wildman–Crippen LogP) is 4.30. The molecule has 0 radical (unpaired) electrons. The Morgan fingerprint density at radius 1 is 1.10 bits per heavy atom. The highest BCUT2D eigenvalue weighted by Gasteiger charge is 2.34. The van der Waals surface area contributed by atoms with Crippen LogP contribution in [-0.2, 0) is 31.6 Å². The van der Waals surface area contributed by atoms with Crippen LogP contribution in [0.3, 0.4) is 0 Å². The molecular formula is C21H18F3NO5S. The number of alkyl halides is 3. The lowest BCUT2D eigenvalue weighted by Gasteiger charge is -2.20. The number of fused-ring (bicyclic) bond motifs is 1. The molecule has 0 bridgehead atoms. The van der Waals surface area contributed by atoms with Crippen LogP contribution in [0.1, 0.15) is 33.3 Å². The second-order valence-electron chi connectivity index (χ2n) is 6.79. The van der Waals surface area contributed by atoms with Crippen molar-refractivity contribution < 1.29 is 35.3 Å². The molecule has 3 aromatic rings. The van der Waals surface area contributed by atoms with Crippen molar-refractivity contribution in [1.29, 1.82) is 0 Å². The van der Waals surface area contributed by atoms with Crippen LogP contribution in [0, 0.1) is 0 Å². The Morgan fingerprint density at radius 2 is 1.74 bits per heavy atom. The van der Waals surface area contributed by atoms with Gasteiger partial charge in [-0.1, -0.05) is 30.3 Å². The molecule has 1 heterocycles. The SMILES string of the molecule is COC(=O)c1ccc(CC(OS(C)(=O)=O)c2cc(C(F)(F)F)nc3ccccc23)cc1. The van der Waals surface area contributed by atoms with E-state index in [1.54, 1.807) is 24.3 Å². The number of hydrogen-bond acceptors (Lipinski definition) is 6. The molecular weight excluding hydrogens is 435 g/mol. The lowest BCUT2D eigenvalue weighted by molar-refractivity contribution is -0.141. The third-order valence-electron chi connectivity index (χ3n) is 4.47. The van der Waals surface area contributed by atoms with Gasteiger partial charge < -0.3 is 4.74 Å². The topological polar surface area (TPSA) is 82.6 Å². The molecule has 6 nitrogen and oxygen atoms in total. The monoisotopic (exact) mass is 453 g/mol. The van der Waals surface area contributed by atoms with Gasteiger partial charge in [-0.25, -0.2) is 9.78 Å². The van der Waals surface area contributed by atoms with Gasteiger partial charge in [0.2, 0.25) is 0 Å². The standard InChI is InChI=1S/C21H18F3NO5S/c1-29-20(26)14-9-7-13(8-10-14)11-18(30-31(2,27)28)16-12-19(21(22,23)24)25-17-6-4-3-5-15(16)17/h3-10,12,18H,11H2,1-2H3. The van der Waals surface area contributed by atoms with Crippen molar-refractivity contribution in [2.75, 3.05) is 13.4 Å². The van der Waals surface area contributed by atoms with Gasteiger partial charge in [0.05, 0.1) is 24.4 Å². The molecule has 0 aliphatic carbocycles. The molecule has 10 heteroatoms. The number of esters is 1. The summed E-state index contributed by atoms with van der Waals surface area (Å²) in [6, 6.07) is 13.0. The van der Waals surface area contributed by atoms with Gasteiger partial charge in [-0.2, -0.15) is 21.6 Å². The van der Waals surface area contributed by atoms with Gasteiger partial charge in [0.15, 0.2) is 0 Å². The molecule has 1 unspecified atom stereocenters. The normalized spacial score (nSPS) is 13.2. The molecule has 1 aromatic heterocycles. The molecule has 0 fully saturated rings. The smallest absolute Gasteiger partial charge is 0.433 e. The molecule has 164 valence electrons. The van der Waals surface area contributed by atoms with Crippen LogP contribution in [0.25, 0.3) is 10.9 Å². The first-order chi connectivity index (χ1) is 14.5. The first-order valence-electron chi connectivity index (χ1n) is 9.00. The average Bonchev–Trinajstić information content (AvgIpc) is 2.70. The largest absolute Gasteiger partial charge is 0.465 e. The van der Waals surface area contributed by atoms with E-state index in [4.69, 9.17) is 4.18 Å². The van der Waals surface area contributed by atoms with Crippen LogP contribution >= 0.6 is 0 Å². The van der Waals surface area contributed by atoms with E-state index in [1.165, 1.54) is 31.4 Å². The third-order valence-corrected chi connectivity index (χ3v) is 5.05. The highest BCUT2D eigenvalue weighted by molar-refractivity contribution is 7.86. The van der Waals surface area contributed by atoms with Gasteiger partial charge in [-0.15, -0.1) is 0 Å². The maximum atomic E-state index is 13.4. The van der Waals surface area contributed by atoms with E-state index in [0.29, 0.717) is 10.9 Å². The molecule has 0 aliphatic heterocycles. The van der Waals surface area contributed by atoms with Crippen LogP contribution < -0.4 is 0 Å². The van der Waals surface area contributed by atoms with Crippen LogP contribution in [0.4, 0.5) is 13.2 Å². The minimum atomic E-state index is -4.73. The fraction of sp³-hybridized carbons (Fsp3) is 0.238. The van der Waals surface area contributed by atoms with E-state index in [1.807, 2.05) is 0 Å². The number of halogens is 3. The molecule has 0 aliphatic rings. The van der Waals surface area contributed by atoms with E-state index in [9.17, 15) is 26.4 Å². The Morgan fingerprint density at radius 3 is 2.32 bits per heavy atom. The van der Waals surface area contributed by atoms with Gasteiger partial charge in [0.25, 0.3) is 10.1 Å². The maximum absolute atomic E-state index is 13.4. The zero-order chi connectivity index (χ0) is 22.8. The summed E-state index contributed by atoms with van der Waals surface area (Å²) < 4.78 is 73.8. The number of methoxy groups -OCH3 is 1. The van der Waals surface area contributed by atoms with Gasteiger partial charge >= 0.3 is 12.1 Å². The zero-order valence-electron chi connectivity index (χ0n) is 16.5. The lowest BCUT2D eigenvalue weighted by Crippen LogP contribution is -2.16. The average molecular weight is 453 g/mol. The number of rotatable bonds is 6. The molecule has 0 saturated carbocycles. The van der Waals surface area contributed by atoms with E-state index >= 15 is 0 Å². The summed E-state index contributed by atoms with van der Waals surface area (Å²) in [5.74, 6) is -0.551. The Labute approximate surface area is 176 Å². The number of benzene rings is 2. The second-order valence-corrected chi connectivity index (χ2v) is 8.39. The summed E-state index contributed by atoms with van der Waals surface area (Å²) in [7, 11) is -2.77. The summed E-state index contributed by atoms with van der Waals surface area (Å²) in [6.45, 7) is 0. The summed E-state index contributed by atoms with van der Waals surface area (Å²) >= 11 is 0. The summed E-state index contributed by atoms with van der Waals surface area (Å²) in [6.07, 6.45) is -5.20. The first kappa shape index (κ1) is 22.7. The van der Waals surface area contributed by atoms with Gasteiger partial charge in [0, 0.05) is 11.8 Å². The van der Waals surface area contributed by atoms with Crippen LogP contribution in [0.5, 0.6) is 0 Å². The molecule has 2 aromatic carbocycles. The fourth-order valence-corrected chi connectivity index (χ4v) is 3.72.